The van der Waals surface area contributed by atoms with Crippen LogP contribution in [-0.2, 0) is 0 Å². The van der Waals surface area contributed by atoms with Crippen molar-refractivity contribution in [1.29, 1.82) is 0 Å². The molecule has 0 spiro atoms. The van der Waals surface area contributed by atoms with E-state index < -0.39 is 0 Å². The Morgan fingerprint density at radius 3 is 1.79 bits per heavy atom. The lowest BCUT2D eigenvalue weighted by Crippen LogP contribution is -2.00. The van der Waals surface area contributed by atoms with Gasteiger partial charge in [0.1, 0.15) is 11.2 Å². The van der Waals surface area contributed by atoms with Crippen molar-refractivity contribution in [2.75, 3.05) is 0 Å². The lowest BCUT2D eigenvalue weighted by Gasteiger charge is -2.12. The Hall–Kier alpha value is -6.17. The molecule has 48 heavy (non-hydrogen) atoms. The summed E-state index contributed by atoms with van der Waals surface area (Å²) in [4.78, 5) is 15.2. The maximum absolute atomic E-state index is 6.58. The van der Waals surface area contributed by atoms with Gasteiger partial charge < -0.3 is 4.42 Å². The Labute approximate surface area is 279 Å². The van der Waals surface area contributed by atoms with Crippen molar-refractivity contribution in [3.63, 3.8) is 0 Å². The molecule has 10 rings (SSSR count). The summed E-state index contributed by atoms with van der Waals surface area (Å²) in [6, 6.07) is 52.7. The molecule has 4 nitrogen and oxygen atoms in total. The van der Waals surface area contributed by atoms with Crippen LogP contribution in [0.15, 0.2) is 156 Å². The maximum atomic E-state index is 6.58. The van der Waals surface area contributed by atoms with Gasteiger partial charge in [0, 0.05) is 47.6 Å². The minimum absolute atomic E-state index is 0.606. The first-order valence-corrected chi connectivity index (χ1v) is 16.8. The van der Waals surface area contributed by atoms with Crippen molar-refractivity contribution in [3.05, 3.63) is 152 Å². The second-order valence-electron chi connectivity index (χ2n) is 12.0. The van der Waals surface area contributed by atoms with Crippen molar-refractivity contribution in [2.45, 2.75) is 0 Å². The summed E-state index contributed by atoms with van der Waals surface area (Å²) in [5.41, 5.74) is 6.61. The van der Waals surface area contributed by atoms with E-state index in [4.69, 9.17) is 19.4 Å². The van der Waals surface area contributed by atoms with Crippen LogP contribution in [0.25, 0.3) is 98.2 Å². The van der Waals surface area contributed by atoms with Crippen molar-refractivity contribution in [2.24, 2.45) is 0 Å². The zero-order chi connectivity index (χ0) is 31.6. The molecular formula is C43H25N3OS. The van der Waals surface area contributed by atoms with Gasteiger partial charge in [-0.05, 0) is 58.3 Å². The minimum atomic E-state index is 0.606. The van der Waals surface area contributed by atoms with Crippen molar-refractivity contribution in [1.82, 2.24) is 15.0 Å². The second kappa shape index (κ2) is 10.7. The Morgan fingerprint density at radius 1 is 0.396 bits per heavy atom. The molecule has 10 aromatic rings. The summed E-state index contributed by atoms with van der Waals surface area (Å²) in [5.74, 6) is 1.86. The molecule has 3 heterocycles. The summed E-state index contributed by atoms with van der Waals surface area (Å²) in [6.45, 7) is 0. The molecule has 0 unspecified atom stereocenters. The number of furan rings is 1. The summed E-state index contributed by atoms with van der Waals surface area (Å²) in [7, 11) is 0. The summed E-state index contributed by atoms with van der Waals surface area (Å²) in [5, 5.41) is 7.01. The topological polar surface area (TPSA) is 51.8 Å². The van der Waals surface area contributed by atoms with Crippen LogP contribution in [-0.4, -0.2) is 15.0 Å². The monoisotopic (exact) mass is 631 g/mol. The van der Waals surface area contributed by atoms with Gasteiger partial charge in [-0.3, -0.25) is 0 Å². The number of nitrogens with zero attached hydrogens (tertiary/aromatic N) is 3. The van der Waals surface area contributed by atoms with Gasteiger partial charge in [0.25, 0.3) is 0 Å². The first kappa shape index (κ1) is 27.0. The number of para-hydroxylation sites is 1. The van der Waals surface area contributed by atoms with Crippen LogP contribution in [0, 0.1) is 0 Å². The second-order valence-corrected chi connectivity index (χ2v) is 13.1. The van der Waals surface area contributed by atoms with Crippen molar-refractivity contribution < 1.29 is 4.42 Å². The van der Waals surface area contributed by atoms with Gasteiger partial charge in [-0.25, -0.2) is 15.0 Å². The first-order valence-electron chi connectivity index (χ1n) is 15.9. The Balaban J connectivity index is 1.29. The van der Waals surface area contributed by atoms with Crippen LogP contribution in [0.1, 0.15) is 0 Å². The van der Waals surface area contributed by atoms with E-state index in [0.717, 1.165) is 49.8 Å². The molecule has 0 bridgehead atoms. The fourth-order valence-corrected chi connectivity index (χ4v) is 8.03. The molecule has 0 aliphatic rings. The highest BCUT2D eigenvalue weighted by Crippen LogP contribution is 2.45. The van der Waals surface area contributed by atoms with Crippen LogP contribution in [0.5, 0.6) is 0 Å². The van der Waals surface area contributed by atoms with E-state index in [9.17, 15) is 0 Å². The Bertz CT molecular complexity index is 2780. The molecule has 0 aliphatic heterocycles. The number of hydrogen-bond donors (Lipinski definition) is 0. The van der Waals surface area contributed by atoms with Gasteiger partial charge in [-0.2, -0.15) is 0 Å². The standard InChI is InChI=1S/C43H25N3OS/c1-3-12-26(13-4-1)41-44-42(27-14-5-2-6-15-27)46-43(45-41)34-23-30(24-36-39(34)32-18-9-10-20-35(32)47-36)31-19-11-21-37-40(31)33-22-28-16-7-8-17-29(28)25-38(33)48-37/h1-25H. The number of hydrogen-bond acceptors (Lipinski definition) is 5. The molecule has 0 radical (unpaired) electrons. The molecule has 0 atom stereocenters. The molecule has 224 valence electrons. The lowest BCUT2D eigenvalue weighted by molar-refractivity contribution is 0.669. The average molecular weight is 632 g/mol. The van der Waals surface area contributed by atoms with Gasteiger partial charge in [0.15, 0.2) is 17.5 Å². The van der Waals surface area contributed by atoms with Crippen molar-refractivity contribution in [3.8, 4) is 45.3 Å². The van der Waals surface area contributed by atoms with Crippen LogP contribution in [0.2, 0.25) is 0 Å². The highest BCUT2D eigenvalue weighted by atomic mass is 32.1. The normalized spacial score (nSPS) is 11.8. The summed E-state index contributed by atoms with van der Waals surface area (Å²) in [6.07, 6.45) is 0. The third kappa shape index (κ3) is 4.33. The van der Waals surface area contributed by atoms with E-state index in [2.05, 4.69) is 78.9 Å². The third-order valence-corrected chi connectivity index (χ3v) is 10.2. The maximum Gasteiger partial charge on any atom is 0.164 e. The van der Waals surface area contributed by atoms with Gasteiger partial charge >= 0.3 is 0 Å². The summed E-state index contributed by atoms with van der Waals surface area (Å²) >= 11 is 1.84. The van der Waals surface area contributed by atoms with E-state index in [-0.39, 0.29) is 0 Å². The fraction of sp³-hybridized carbons (Fsp3) is 0. The van der Waals surface area contributed by atoms with Crippen LogP contribution in [0.4, 0.5) is 0 Å². The zero-order valence-electron chi connectivity index (χ0n) is 25.6. The Kier molecular flexibility index (Phi) is 6.01. The minimum Gasteiger partial charge on any atom is -0.456 e. The van der Waals surface area contributed by atoms with Crippen molar-refractivity contribution >= 4 is 64.2 Å². The number of aromatic nitrogens is 3. The smallest absolute Gasteiger partial charge is 0.164 e. The lowest BCUT2D eigenvalue weighted by atomic mass is 9.94. The number of thiophene rings is 1. The molecule has 3 aromatic heterocycles. The quantitative estimate of drug-likeness (QED) is 0.194. The average Bonchev–Trinajstić information content (AvgIpc) is 3.72. The van der Waals surface area contributed by atoms with Crippen LogP contribution >= 0.6 is 11.3 Å². The van der Waals surface area contributed by atoms with Gasteiger partial charge in [-0.1, -0.05) is 115 Å². The third-order valence-electron chi connectivity index (χ3n) is 9.09. The molecule has 7 aromatic carbocycles. The van der Waals surface area contributed by atoms with E-state index >= 15 is 0 Å². The van der Waals surface area contributed by atoms with E-state index in [1.54, 1.807) is 0 Å². The van der Waals surface area contributed by atoms with Crippen LogP contribution in [0.3, 0.4) is 0 Å². The highest BCUT2D eigenvalue weighted by Gasteiger charge is 2.21. The van der Waals surface area contributed by atoms with E-state index in [1.165, 1.54) is 30.9 Å². The molecule has 0 N–H and O–H groups in total. The molecule has 0 amide bonds. The van der Waals surface area contributed by atoms with Gasteiger partial charge in [0.2, 0.25) is 0 Å². The van der Waals surface area contributed by atoms with E-state index in [0.29, 0.717) is 17.5 Å². The number of fused-ring (bicyclic) bond motifs is 7. The SMILES string of the molecule is c1ccc(-c2nc(-c3ccccc3)nc(-c3cc(-c4cccc5sc6cc7ccccc7cc6c45)cc4oc5ccccc5c34)n2)cc1. The van der Waals surface area contributed by atoms with Gasteiger partial charge in [0.05, 0.1) is 0 Å². The Morgan fingerprint density at radius 2 is 1.04 bits per heavy atom. The molecular weight excluding hydrogens is 607 g/mol. The predicted molar refractivity (Wildman–Crippen MR) is 199 cm³/mol. The molecule has 5 heteroatoms. The first-order chi connectivity index (χ1) is 23.8. The molecule has 0 saturated heterocycles. The largest absolute Gasteiger partial charge is 0.456 e. The predicted octanol–water partition coefficient (Wildman–Crippen LogP) is 12.0. The van der Waals surface area contributed by atoms with E-state index in [1.807, 2.05) is 84.1 Å². The molecule has 0 aliphatic carbocycles. The molecule has 0 fully saturated rings. The fourth-order valence-electron chi connectivity index (χ4n) is 6.87. The molecule has 0 saturated carbocycles. The zero-order valence-corrected chi connectivity index (χ0v) is 26.4. The highest BCUT2D eigenvalue weighted by molar-refractivity contribution is 7.26. The van der Waals surface area contributed by atoms with Crippen LogP contribution < -0.4 is 0 Å². The number of rotatable bonds is 4. The number of benzene rings is 7. The van der Waals surface area contributed by atoms with Gasteiger partial charge in [-0.15, -0.1) is 11.3 Å². The summed E-state index contributed by atoms with van der Waals surface area (Å²) < 4.78 is 9.10.